The Morgan fingerprint density at radius 1 is 0.115 bits per heavy atom. The Labute approximate surface area is 872 Å². The van der Waals surface area contributed by atoms with Crippen molar-refractivity contribution in [2.45, 2.75) is 0 Å². The molecule has 0 fully saturated rings. The number of nitrogens with zero attached hydrogens (tertiary/aromatic N) is 8. The highest BCUT2D eigenvalue weighted by atomic mass is 32.1. The van der Waals surface area contributed by atoms with E-state index in [0.717, 1.165) is 170 Å². The number of rotatable bonds is 16. The number of benzene rings is 20. The maximum atomic E-state index is 5.31. The molecule has 0 radical (unpaired) electrons. The first-order chi connectivity index (χ1) is 73.4. The third-order valence-electron chi connectivity index (χ3n) is 26.9. The lowest BCUT2D eigenvalue weighted by atomic mass is 9.96. The summed E-state index contributed by atoms with van der Waals surface area (Å²) in [5.41, 5.74) is 35.1. The molecule has 0 spiro atoms. The summed E-state index contributed by atoms with van der Waals surface area (Å²) in [7, 11) is 0. The van der Waals surface area contributed by atoms with E-state index >= 15 is 0 Å². The van der Waals surface area contributed by atoms with Gasteiger partial charge in [0.1, 0.15) is 0 Å². The van der Waals surface area contributed by atoms with Crippen molar-refractivity contribution in [3.8, 4) is 180 Å². The average Bonchev–Trinajstić information content (AvgIpc) is 1.59. The zero-order valence-electron chi connectivity index (χ0n) is 80.0. The molecular formula is C136H88N8S4. The van der Waals surface area contributed by atoms with Crippen LogP contribution in [0, 0.1) is 0 Å². The van der Waals surface area contributed by atoms with Crippen LogP contribution >= 0.6 is 45.3 Å². The molecular weight excluding hydrogens is 1870 g/mol. The van der Waals surface area contributed by atoms with E-state index in [1.165, 1.54) is 90.4 Å². The fourth-order valence-corrected chi connectivity index (χ4v) is 24.4. The Kier molecular flexibility index (Phi) is 25.3. The van der Waals surface area contributed by atoms with Gasteiger partial charge in [-0.25, -0.2) is 39.9 Å². The second-order valence-corrected chi connectivity index (χ2v) is 40.3. The van der Waals surface area contributed by atoms with Gasteiger partial charge in [0.2, 0.25) is 0 Å². The molecule has 20 aromatic carbocycles. The molecule has 696 valence electrons. The van der Waals surface area contributed by atoms with Crippen molar-refractivity contribution >= 4 is 127 Å². The van der Waals surface area contributed by atoms with Gasteiger partial charge in [-0.15, -0.1) is 45.3 Å². The summed E-state index contributed by atoms with van der Waals surface area (Å²) in [5.74, 6) is 2.98. The highest BCUT2D eigenvalue weighted by Crippen LogP contribution is 2.49. The molecule has 28 rings (SSSR count). The molecule has 0 N–H and O–H groups in total. The fraction of sp³-hybridized carbons (Fsp3) is 0. The topological polar surface area (TPSA) is 103 Å². The van der Waals surface area contributed by atoms with Crippen molar-refractivity contribution < 1.29 is 0 Å². The largest absolute Gasteiger partial charge is 0.226 e. The van der Waals surface area contributed by atoms with Crippen molar-refractivity contribution in [1.82, 2.24) is 39.9 Å². The summed E-state index contributed by atoms with van der Waals surface area (Å²) in [6, 6.07) is 186. The predicted molar refractivity (Wildman–Crippen MR) is 627 cm³/mol. The number of hydrogen-bond donors (Lipinski definition) is 0. The summed E-state index contributed by atoms with van der Waals surface area (Å²) in [5, 5.41) is 4.68. The second-order valence-electron chi connectivity index (χ2n) is 36.1. The molecule has 28 aromatic rings. The summed E-state index contributed by atoms with van der Waals surface area (Å²) >= 11 is 7.06. The van der Waals surface area contributed by atoms with E-state index in [2.05, 4.69) is 504 Å². The minimum Gasteiger partial charge on any atom is -0.226 e. The first kappa shape index (κ1) is 90.8. The molecule has 8 nitrogen and oxygen atoms in total. The van der Waals surface area contributed by atoms with E-state index in [1.807, 2.05) is 30.3 Å². The number of fused-ring (bicyclic) bond motifs is 12. The van der Waals surface area contributed by atoms with Crippen LogP contribution in [0.2, 0.25) is 0 Å². The van der Waals surface area contributed by atoms with Gasteiger partial charge >= 0.3 is 0 Å². The molecule has 0 saturated carbocycles. The van der Waals surface area contributed by atoms with Gasteiger partial charge in [-0.1, -0.05) is 497 Å². The Balaban J connectivity index is 0.000000103. The molecule has 0 aliphatic rings. The number of hydrogen-bond acceptors (Lipinski definition) is 12. The highest BCUT2D eigenvalue weighted by molar-refractivity contribution is 7.27. The van der Waals surface area contributed by atoms with Crippen molar-refractivity contribution in [3.63, 3.8) is 0 Å². The van der Waals surface area contributed by atoms with Crippen molar-refractivity contribution in [1.29, 1.82) is 0 Å². The monoisotopic (exact) mass is 1960 g/mol. The van der Waals surface area contributed by atoms with Crippen LogP contribution < -0.4 is 0 Å². The summed E-state index contributed by atoms with van der Waals surface area (Å²) in [6.45, 7) is 0. The molecule has 0 atom stereocenters. The maximum Gasteiger partial charge on any atom is 0.161 e. The van der Waals surface area contributed by atoms with E-state index in [4.69, 9.17) is 39.9 Å². The van der Waals surface area contributed by atoms with Gasteiger partial charge in [-0.2, -0.15) is 0 Å². The third-order valence-corrected chi connectivity index (χ3v) is 31.6. The molecule has 0 saturated heterocycles. The van der Waals surface area contributed by atoms with Gasteiger partial charge in [-0.3, -0.25) is 0 Å². The van der Waals surface area contributed by atoms with Crippen LogP contribution in [0.25, 0.3) is 261 Å². The maximum absolute atomic E-state index is 5.31. The van der Waals surface area contributed by atoms with Gasteiger partial charge in [0.05, 0.1) is 63.6 Å². The smallest absolute Gasteiger partial charge is 0.161 e. The van der Waals surface area contributed by atoms with Crippen LogP contribution in [-0.4, -0.2) is 39.9 Å². The summed E-state index contributed by atoms with van der Waals surface area (Å²) in [6.07, 6.45) is 0. The van der Waals surface area contributed by atoms with E-state index in [-0.39, 0.29) is 0 Å². The van der Waals surface area contributed by atoms with E-state index in [1.54, 1.807) is 45.3 Å². The van der Waals surface area contributed by atoms with Crippen LogP contribution in [0.4, 0.5) is 0 Å². The van der Waals surface area contributed by atoms with Gasteiger partial charge in [0.25, 0.3) is 0 Å². The van der Waals surface area contributed by atoms with E-state index < -0.39 is 0 Å². The highest BCUT2D eigenvalue weighted by Gasteiger charge is 2.27. The van der Waals surface area contributed by atoms with Crippen LogP contribution in [-0.2, 0) is 0 Å². The summed E-state index contributed by atoms with van der Waals surface area (Å²) in [4.78, 5) is 41.8. The lowest BCUT2D eigenvalue weighted by molar-refractivity contribution is 1.24. The molecule has 0 amide bonds. The minimum atomic E-state index is 0.742. The van der Waals surface area contributed by atoms with Gasteiger partial charge in [0, 0.05) is 84.9 Å². The average molecular weight is 1960 g/mol. The SMILES string of the molecule is c1ccc(-c2ccc(-c3nc(-c4ccccc4-c4ccccc4)nc4c3sc3ccccc34)cc2)cc1.c1ccc(-c2cccc(-c3nc(-c4ccccc4-c4ccccc4)c4sc5ccccc5c4n3)c2)cc1.c1ccc(-c2cccc(-c3nc(-c4ccccc4-c4ccccc4)nc4c3sc3ccccc34)c2)cc1.c1ccc(-c2ccccc2-c2nc(-c3ccccc3-c3ccccc3)c3sc4ccccc4c3n2)cc1. The molecule has 0 bridgehead atoms. The normalized spacial score (nSPS) is 11.2. The standard InChI is InChI=1S/4C34H22N2S/c1-3-13-23(14-4-1)25-17-7-9-19-27(25)31-33-32(29-21-11-12-22-30(29)37-33)36-34(35-31)28-20-10-8-18-26(28)24-15-5-2-6-16-24;1-3-12-23(13-4-1)25-16-11-17-26(22-25)34-35-31(33-32(36-34)29-20-9-10-21-30(29)37-33)28-19-8-7-18-27(28)24-14-5-2-6-15-24;1-3-12-23(13-4-1)25-16-11-17-26(22-25)31-33-32(29-20-9-10-21-30(29)37-33)36-34(35-31)28-19-8-7-18-27(28)24-14-5-2-6-15-24;1-3-11-23(12-4-1)24-19-21-26(22-20-24)31-33-32(29-17-9-10-18-30(29)37-33)36-34(35-31)28-16-8-7-15-27(28)25-13-5-2-6-14-25/h4*1-22H. The quantitative estimate of drug-likeness (QED) is 0.0943. The minimum absolute atomic E-state index is 0.742. The molecule has 148 heavy (non-hydrogen) atoms. The van der Waals surface area contributed by atoms with Crippen molar-refractivity contribution in [2.24, 2.45) is 0 Å². The zero-order chi connectivity index (χ0) is 98.4. The lowest BCUT2D eigenvalue weighted by Gasteiger charge is -2.13. The van der Waals surface area contributed by atoms with Crippen LogP contribution in [0.3, 0.4) is 0 Å². The second kappa shape index (κ2) is 41.1. The lowest BCUT2D eigenvalue weighted by Crippen LogP contribution is -1.96. The van der Waals surface area contributed by atoms with Crippen molar-refractivity contribution in [2.75, 3.05) is 0 Å². The van der Waals surface area contributed by atoms with E-state index in [9.17, 15) is 0 Å². The number of thiophene rings is 4. The van der Waals surface area contributed by atoms with Crippen LogP contribution in [0.1, 0.15) is 0 Å². The summed E-state index contributed by atoms with van der Waals surface area (Å²) < 4.78 is 9.36. The molecule has 0 aliphatic heterocycles. The number of aromatic nitrogens is 8. The Hall–Kier alpha value is -18.4. The Bertz CT molecular complexity index is 9700. The fourth-order valence-electron chi connectivity index (χ4n) is 19.8. The predicted octanol–water partition coefficient (Wildman–Crippen LogP) is 38.0. The van der Waals surface area contributed by atoms with Gasteiger partial charge in [-0.05, 0) is 125 Å². The molecule has 0 aliphatic carbocycles. The van der Waals surface area contributed by atoms with Crippen LogP contribution in [0.5, 0.6) is 0 Å². The van der Waals surface area contributed by atoms with Gasteiger partial charge in [0.15, 0.2) is 23.3 Å². The Morgan fingerprint density at radius 3 is 0.635 bits per heavy atom. The first-order valence-electron chi connectivity index (χ1n) is 49.4. The molecule has 8 heterocycles. The molecule has 0 unspecified atom stereocenters. The van der Waals surface area contributed by atoms with Crippen molar-refractivity contribution in [3.05, 3.63) is 534 Å². The molecule has 12 heteroatoms. The van der Waals surface area contributed by atoms with Gasteiger partial charge < -0.3 is 0 Å². The van der Waals surface area contributed by atoms with Crippen LogP contribution in [0.15, 0.2) is 534 Å². The zero-order valence-corrected chi connectivity index (χ0v) is 83.3. The Morgan fingerprint density at radius 2 is 0.311 bits per heavy atom. The first-order valence-corrected chi connectivity index (χ1v) is 52.7. The third kappa shape index (κ3) is 18.3. The van der Waals surface area contributed by atoms with E-state index in [0.29, 0.717) is 0 Å². The molecule has 8 aromatic heterocycles.